The van der Waals surface area contributed by atoms with Crippen molar-refractivity contribution in [1.82, 2.24) is 9.55 Å². The quantitative estimate of drug-likeness (QED) is 0.804. The molecule has 0 radical (unpaired) electrons. The van der Waals surface area contributed by atoms with E-state index in [0.717, 1.165) is 22.8 Å². The van der Waals surface area contributed by atoms with Gasteiger partial charge in [0.25, 0.3) is 0 Å². The zero-order chi connectivity index (χ0) is 14.2. The van der Waals surface area contributed by atoms with Crippen molar-refractivity contribution in [3.8, 4) is 5.69 Å². The van der Waals surface area contributed by atoms with Crippen molar-refractivity contribution < 1.29 is 8.42 Å². The molecule has 0 unspecified atom stereocenters. The van der Waals surface area contributed by atoms with Crippen LogP contribution in [0.1, 0.15) is 0 Å². The molecule has 0 spiro atoms. The Labute approximate surface area is 116 Å². The number of pyridine rings is 1. The zero-order valence-corrected chi connectivity index (χ0v) is 11.6. The van der Waals surface area contributed by atoms with Crippen LogP contribution in [0.25, 0.3) is 16.6 Å². The van der Waals surface area contributed by atoms with Gasteiger partial charge in [-0.15, -0.1) is 0 Å². The van der Waals surface area contributed by atoms with Gasteiger partial charge in [0.1, 0.15) is 0 Å². The Bertz CT molecular complexity index is 855. The topological polar surface area (TPSA) is 64.0 Å². The minimum atomic E-state index is -3.26. The molecule has 6 heteroatoms. The molecule has 0 aliphatic rings. The number of sulfonamides is 1. The lowest BCUT2D eigenvalue weighted by Gasteiger charge is -2.06. The molecule has 0 amide bonds. The van der Waals surface area contributed by atoms with Crippen LogP contribution in [-0.2, 0) is 10.0 Å². The molecular formula is C14H13N3O2S. The third kappa shape index (κ3) is 2.50. The summed E-state index contributed by atoms with van der Waals surface area (Å²) in [4.78, 5) is 4.10. The standard InChI is InChI=1S/C14H13N3O2S/c1-20(18,19)16-12-4-5-14-11(9-12)6-8-17(14)13-3-2-7-15-10-13/h2-10,16H,1H3. The van der Waals surface area contributed by atoms with Gasteiger partial charge in [-0.05, 0) is 36.4 Å². The number of aromatic nitrogens is 2. The molecule has 102 valence electrons. The molecule has 5 nitrogen and oxygen atoms in total. The molecule has 0 aliphatic heterocycles. The lowest BCUT2D eigenvalue weighted by atomic mass is 10.2. The molecule has 2 aromatic heterocycles. The van der Waals surface area contributed by atoms with E-state index in [1.54, 1.807) is 18.5 Å². The number of hydrogen-bond donors (Lipinski definition) is 1. The van der Waals surface area contributed by atoms with Crippen LogP contribution >= 0.6 is 0 Å². The second-order valence-corrected chi connectivity index (χ2v) is 6.29. The van der Waals surface area contributed by atoms with Crippen LogP contribution in [0, 0.1) is 0 Å². The van der Waals surface area contributed by atoms with Gasteiger partial charge in [-0.3, -0.25) is 9.71 Å². The molecule has 3 rings (SSSR count). The summed E-state index contributed by atoms with van der Waals surface area (Å²) in [7, 11) is -3.26. The van der Waals surface area contributed by atoms with Crippen molar-refractivity contribution >= 4 is 26.6 Å². The van der Waals surface area contributed by atoms with E-state index in [1.165, 1.54) is 0 Å². The van der Waals surface area contributed by atoms with Gasteiger partial charge in [0, 0.05) is 23.5 Å². The first-order chi connectivity index (χ1) is 9.53. The first kappa shape index (κ1) is 12.7. The summed E-state index contributed by atoms with van der Waals surface area (Å²) in [6, 6.07) is 11.2. The highest BCUT2D eigenvalue weighted by Crippen LogP contribution is 2.23. The van der Waals surface area contributed by atoms with Crippen molar-refractivity contribution in [1.29, 1.82) is 0 Å². The lowest BCUT2D eigenvalue weighted by molar-refractivity contribution is 0.607. The van der Waals surface area contributed by atoms with Crippen LogP contribution in [-0.4, -0.2) is 24.2 Å². The minimum Gasteiger partial charge on any atom is -0.315 e. The number of nitrogens with one attached hydrogen (secondary N) is 1. The second kappa shape index (κ2) is 4.64. The summed E-state index contributed by atoms with van der Waals surface area (Å²) in [5.74, 6) is 0. The molecule has 0 fully saturated rings. The van der Waals surface area contributed by atoms with Crippen LogP contribution in [0.5, 0.6) is 0 Å². The molecule has 0 bridgehead atoms. The van der Waals surface area contributed by atoms with Crippen LogP contribution in [0.15, 0.2) is 55.0 Å². The Morgan fingerprint density at radius 3 is 2.75 bits per heavy atom. The fourth-order valence-corrected chi connectivity index (χ4v) is 2.70. The molecule has 1 N–H and O–H groups in total. The van der Waals surface area contributed by atoms with Crippen molar-refractivity contribution in [2.24, 2.45) is 0 Å². The molecule has 0 saturated carbocycles. The molecule has 3 aromatic rings. The largest absolute Gasteiger partial charge is 0.315 e. The monoisotopic (exact) mass is 287 g/mol. The normalized spacial score (nSPS) is 11.7. The maximum absolute atomic E-state index is 11.2. The zero-order valence-electron chi connectivity index (χ0n) is 10.8. The van der Waals surface area contributed by atoms with Crippen LogP contribution in [0.4, 0.5) is 5.69 Å². The number of rotatable bonds is 3. The highest BCUT2D eigenvalue weighted by atomic mass is 32.2. The van der Waals surface area contributed by atoms with Gasteiger partial charge < -0.3 is 4.57 Å². The van der Waals surface area contributed by atoms with Gasteiger partial charge in [0.2, 0.25) is 10.0 Å². The second-order valence-electron chi connectivity index (χ2n) is 4.54. The van der Waals surface area contributed by atoms with Crippen molar-refractivity contribution in [3.05, 3.63) is 55.0 Å². The molecule has 20 heavy (non-hydrogen) atoms. The van der Waals surface area contributed by atoms with Gasteiger partial charge in [-0.2, -0.15) is 0 Å². The minimum absolute atomic E-state index is 0.559. The van der Waals surface area contributed by atoms with Crippen molar-refractivity contribution in [3.63, 3.8) is 0 Å². The number of anilines is 1. The summed E-state index contributed by atoms with van der Waals surface area (Å²) < 4.78 is 27.0. The molecule has 0 atom stereocenters. The van der Waals surface area contributed by atoms with E-state index in [4.69, 9.17) is 0 Å². The van der Waals surface area contributed by atoms with E-state index >= 15 is 0 Å². The highest BCUT2D eigenvalue weighted by molar-refractivity contribution is 7.92. The van der Waals surface area contributed by atoms with Gasteiger partial charge in [0.05, 0.1) is 23.7 Å². The number of nitrogens with zero attached hydrogens (tertiary/aromatic N) is 2. The average Bonchev–Trinajstić information content (AvgIpc) is 2.81. The summed E-state index contributed by atoms with van der Waals surface area (Å²) in [6.45, 7) is 0. The maximum atomic E-state index is 11.2. The fourth-order valence-electron chi connectivity index (χ4n) is 2.14. The highest BCUT2D eigenvalue weighted by Gasteiger charge is 2.06. The maximum Gasteiger partial charge on any atom is 0.229 e. The molecule has 0 saturated heterocycles. The Kier molecular flexibility index (Phi) is 2.94. The average molecular weight is 287 g/mol. The van der Waals surface area contributed by atoms with E-state index in [0.29, 0.717) is 5.69 Å². The van der Waals surface area contributed by atoms with Crippen LogP contribution < -0.4 is 4.72 Å². The summed E-state index contributed by atoms with van der Waals surface area (Å²) in [5, 5.41) is 0.961. The molecule has 2 heterocycles. The first-order valence-electron chi connectivity index (χ1n) is 6.02. The summed E-state index contributed by atoms with van der Waals surface area (Å²) in [5.41, 5.74) is 2.52. The van der Waals surface area contributed by atoms with Crippen molar-refractivity contribution in [2.45, 2.75) is 0 Å². The summed E-state index contributed by atoms with van der Waals surface area (Å²) in [6.07, 6.45) is 6.58. The van der Waals surface area contributed by atoms with E-state index in [1.807, 2.05) is 41.1 Å². The number of hydrogen-bond acceptors (Lipinski definition) is 3. The Hall–Kier alpha value is -2.34. The first-order valence-corrected chi connectivity index (χ1v) is 7.91. The van der Waals surface area contributed by atoms with E-state index in [-0.39, 0.29) is 0 Å². The fraction of sp³-hybridized carbons (Fsp3) is 0.0714. The molecular weight excluding hydrogens is 274 g/mol. The molecule has 1 aromatic carbocycles. The predicted molar refractivity (Wildman–Crippen MR) is 79.5 cm³/mol. The van der Waals surface area contributed by atoms with Crippen LogP contribution in [0.2, 0.25) is 0 Å². The number of benzene rings is 1. The molecule has 0 aliphatic carbocycles. The van der Waals surface area contributed by atoms with Gasteiger partial charge in [-0.1, -0.05) is 0 Å². The Morgan fingerprint density at radius 1 is 1.20 bits per heavy atom. The third-order valence-corrected chi connectivity index (χ3v) is 3.52. The number of fused-ring (bicyclic) bond motifs is 1. The van der Waals surface area contributed by atoms with Gasteiger partial charge in [0.15, 0.2) is 0 Å². The summed E-state index contributed by atoms with van der Waals surface area (Å²) >= 11 is 0. The van der Waals surface area contributed by atoms with Crippen LogP contribution in [0.3, 0.4) is 0 Å². The Morgan fingerprint density at radius 2 is 2.05 bits per heavy atom. The van der Waals surface area contributed by atoms with E-state index in [2.05, 4.69) is 9.71 Å². The smallest absolute Gasteiger partial charge is 0.229 e. The Balaban J connectivity index is 2.07. The van der Waals surface area contributed by atoms with E-state index in [9.17, 15) is 8.42 Å². The predicted octanol–water partition coefficient (Wildman–Crippen LogP) is 2.40. The third-order valence-electron chi connectivity index (χ3n) is 2.92. The van der Waals surface area contributed by atoms with Crippen molar-refractivity contribution in [2.75, 3.05) is 11.0 Å². The van der Waals surface area contributed by atoms with Gasteiger partial charge >= 0.3 is 0 Å². The SMILES string of the molecule is CS(=O)(=O)Nc1ccc2c(ccn2-c2cccnc2)c1. The van der Waals surface area contributed by atoms with Gasteiger partial charge in [-0.25, -0.2) is 8.42 Å². The lowest BCUT2D eigenvalue weighted by Crippen LogP contribution is -2.09. The van der Waals surface area contributed by atoms with E-state index < -0.39 is 10.0 Å².